The first-order valence-electron chi connectivity index (χ1n) is 36.4. The van der Waals surface area contributed by atoms with Crippen LogP contribution in [0, 0.1) is 17.8 Å². The van der Waals surface area contributed by atoms with E-state index in [0.29, 0.717) is 25.7 Å². The molecule has 0 aromatic rings. The van der Waals surface area contributed by atoms with Crippen molar-refractivity contribution >= 4 is 39.5 Å². The van der Waals surface area contributed by atoms with Crippen LogP contribution >= 0.6 is 15.6 Å². The fraction of sp³-hybridized carbons (Fsp3) is 0.943. The Hall–Kier alpha value is -1.94. The maximum atomic E-state index is 13.0. The van der Waals surface area contributed by atoms with E-state index in [1.54, 1.807) is 0 Å². The largest absolute Gasteiger partial charge is 0.472 e. The number of phosphoric ester groups is 2. The van der Waals surface area contributed by atoms with Crippen molar-refractivity contribution in [3.05, 3.63) is 0 Å². The standard InChI is InChI=1S/C70H136O17P2/c1-8-11-12-13-14-15-16-17-18-22-25-28-37-44-51-67(72)80-57-65(86-69(74)53-46-39-29-26-23-20-19-21-24-27-34-41-48-61(4)5)59-84-88(76,77)82-55-64(71)56-83-89(78,79)85-60-66(87-70(75)54-47-40-33-31-36-43-50-63(7)10-3)58-81-68(73)52-45-38-32-30-35-42-49-62(6)9-2/h61-66,71H,8-60H2,1-7H3,(H,76,77)(H,78,79)/t62?,63?,64-,65-,66-/m1/s1. The molecule has 17 nitrogen and oxygen atoms in total. The van der Waals surface area contributed by atoms with Crippen molar-refractivity contribution in [1.29, 1.82) is 0 Å². The fourth-order valence-electron chi connectivity index (χ4n) is 10.5. The van der Waals surface area contributed by atoms with Crippen LogP contribution in [0.15, 0.2) is 0 Å². The highest BCUT2D eigenvalue weighted by atomic mass is 31.2. The maximum absolute atomic E-state index is 13.0. The molecular weight excluding hydrogens is 1170 g/mol. The van der Waals surface area contributed by atoms with Crippen LogP contribution in [0.1, 0.15) is 350 Å². The number of aliphatic hydroxyl groups is 1. The SMILES string of the molecule is CCCCCCCCCCCCCCCCC(=O)OC[C@H](COP(=O)(O)OC[C@@H](O)COP(=O)(O)OC[C@@H](COC(=O)CCCCCCCCC(C)CC)OC(=O)CCCCCCCCC(C)CC)OC(=O)CCCCCCCCCCCCCCC(C)C. The Balaban J connectivity index is 5.25. The Labute approximate surface area is 543 Å². The Bertz CT molecular complexity index is 1750. The number of carbonyl (C=O) groups excluding carboxylic acids is 4. The number of rotatable bonds is 68. The van der Waals surface area contributed by atoms with E-state index in [0.717, 1.165) is 114 Å². The quantitative estimate of drug-likeness (QED) is 0.0222. The van der Waals surface area contributed by atoms with Crippen LogP contribution in [0.5, 0.6) is 0 Å². The minimum atomic E-state index is -4.95. The Morgan fingerprint density at radius 1 is 0.326 bits per heavy atom. The Kier molecular flexibility index (Phi) is 59.6. The lowest BCUT2D eigenvalue weighted by Crippen LogP contribution is -2.30. The number of aliphatic hydroxyl groups excluding tert-OH is 1. The number of ether oxygens (including phenoxy) is 4. The summed E-state index contributed by atoms with van der Waals surface area (Å²) in [6.07, 6.45) is 44.4. The molecule has 0 aliphatic carbocycles. The molecule has 0 spiro atoms. The van der Waals surface area contributed by atoms with Gasteiger partial charge in [-0.15, -0.1) is 0 Å². The minimum absolute atomic E-state index is 0.102. The molecule has 0 heterocycles. The van der Waals surface area contributed by atoms with E-state index in [1.807, 2.05) is 0 Å². The minimum Gasteiger partial charge on any atom is -0.462 e. The van der Waals surface area contributed by atoms with Gasteiger partial charge in [-0.25, -0.2) is 9.13 Å². The van der Waals surface area contributed by atoms with Crippen molar-refractivity contribution in [2.75, 3.05) is 39.6 Å². The first-order valence-corrected chi connectivity index (χ1v) is 39.4. The molecular formula is C70H136O17P2. The molecule has 0 saturated heterocycles. The summed E-state index contributed by atoms with van der Waals surface area (Å²) >= 11 is 0. The van der Waals surface area contributed by atoms with Gasteiger partial charge in [0.2, 0.25) is 0 Å². The number of carbonyl (C=O) groups is 4. The van der Waals surface area contributed by atoms with Gasteiger partial charge in [0.15, 0.2) is 12.2 Å². The number of phosphoric acid groups is 2. The van der Waals surface area contributed by atoms with Crippen LogP contribution in [-0.2, 0) is 65.4 Å². The molecule has 0 radical (unpaired) electrons. The lowest BCUT2D eigenvalue weighted by Gasteiger charge is -2.21. The van der Waals surface area contributed by atoms with Gasteiger partial charge in [0.05, 0.1) is 26.4 Å². The van der Waals surface area contributed by atoms with Crippen LogP contribution in [0.4, 0.5) is 0 Å². The molecule has 7 atom stereocenters. The zero-order valence-electron chi connectivity index (χ0n) is 57.9. The summed E-state index contributed by atoms with van der Waals surface area (Å²) in [5, 5.41) is 10.6. The normalized spacial score (nSPS) is 14.8. The highest BCUT2D eigenvalue weighted by Gasteiger charge is 2.30. The molecule has 89 heavy (non-hydrogen) atoms. The zero-order valence-corrected chi connectivity index (χ0v) is 59.7. The second-order valence-corrected chi connectivity index (χ2v) is 29.1. The van der Waals surface area contributed by atoms with Gasteiger partial charge in [-0.05, 0) is 43.4 Å². The number of hydrogen-bond donors (Lipinski definition) is 3. The Morgan fingerprint density at radius 2 is 0.573 bits per heavy atom. The van der Waals surface area contributed by atoms with Crippen LogP contribution in [0.3, 0.4) is 0 Å². The van der Waals surface area contributed by atoms with Gasteiger partial charge >= 0.3 is 39.5 Å². The van der Waals surface area contributed by atoms with Crippen molar-refractivity contribution in [1.82, 2.24) is 0 Å². The summed E-state index contributed by atoms with van der Waals surface area (Å²) in [7, 11) is -9.90. The molecule has 0 saturated carbocycles. The fourth-order valence-corrected chi connectivity index (χ4v) is 12.1. The average Bonchev–Trinajstić information content (AvgIpc) is 3.52. The second kappa shape index (κ2) is 61.0. The van der Waals surface area contributed by atoms with Gasteiger partial charge in [0, 0.05) is 25.7 Å². The van der Waals surface area contributed by atoms with Gasteiger partial charge < -0.3 is 33.8 Å². The van der Waals surface area contributed by atoms with E-state index in [4.69, 9.17) is 37.0 Å². The molecule has 19 heteroatoms. The predicted molar refractivity (Wildman–Crippen MR) is 358 cm³/mol. The topological polar surface area (TPSA) is 237 Å². The van der Waals surface area contributed by atoms with Gasteiger partial charge in [-0.2, -0.15) is 0 Å². The third kappa shape index (κ3) is 62.0. The van der Waals surface area contributed by atoms with Crippen molar-refractivity contribution in [3.8, 4) is 0 Å². The third-order valence-corrected chi connectivity index (χ3v) is 18.8. The molecule has 0 bridgehead atoms. The third-order valence-electron chi connectivity index (χ3n) is 16.9. The highest BCUT2D eigenvalue weighted by molar-refractivity contribution is 7.47. The average molecular weight is 1310 g/mol. The van der Waals surface area contributed by atoms with Crippen molar-refractivity contribution in [2.45, 2.75) is 369 Å². The van der Waals surface area contributed by atoms with Gasteiger partial charge in [-0.1, -0.05) is 299 Å². The molecule has 0 rings (SSSR count). The van der Waals surface area contributed by atoms with Crippen LogP contribution < -0.4 is 0 Å². The Morgan fingerprint density at radius 3 is 0.854 bits per heavy atom. The van der Waals surface area contributed by atoms with Crippen molar-refractivity contribution in [2.24, 2.45) is 17.8 Å². The van der Waals surface area contributed by atoms with Crippen LogP contribution in [0.2, 0.25) is 0 Å². The summed E-state index contributed by atoms with van der Waals surface area (Å²) in [4.78, 5) is 72.5. The summed E-state index contributed by atoms with van der Waals surface area (Å²) in [5.74, 6) is 0.0986. The van der Waals surface area contributed by atoms with E-state index in [2.05, 4.69) is 48.5 Å². The molecule has 3 N–H and O–H groups in total. The molecule has 0 aromatic carbocycles. The van der Waals surface area contributed by atoms with Gasteiger partial charge in [0.1, 0.15) is 19.3 Å². The molecule has 0 aromatic heterocycles. The van der Waals surface area contributed by atoms with Crippen LogP contribution in [0.25, 0.3) is 0 Å². The van der Waals surface area contributed by atoms with Gasteiger partial charge in [0.25, 0.3) is 0 Å². The van der Waals surface area contributed by atoms with E-state index in [9.17, 15) is 43.2 Å². The molecule has 0 aliphatic rings. The van der Waals surface area contributed by atoms with Gasteiger partial charge in [-0.3, -0.25) is 37.3 Å². The van der Waals surface area contributed by atoms with Crippen molar-refractivity contribution < 1.29 is 80.2 Å². The summed E-state index contributed by atoms with van der Waals surface area (Å²) in [6, 6.07) is 0. The molecule has 528 valence electrons. The van der Waals surface area contributed by atoms with E-state index >= 15 is 0 Å². The lowest BCUT2D eigenvalue weighted by atomic mass is 10.00. The smallest absolute Gasteiger partial charge is 0.462 e. The molecule has 4 unspecified atom stereocenters. The molecule has 0 aliphatic heterocycles. The van der Waals surface area contributed by atoms with Crippen LogP contribution in [-0.4, -0.2) is 96.7 Å². The van der Waals surface area contributed by atoms with E-state index in [1.165, 1.54) is 154 Å². The lowest BCUT2D eigenvalue weighted by molar-refractivity contribution is -0.161. The number of hydrogen-bond acceptors (Lipinski definition) is 15. The van der Waals surface area contributed by atoms with E-state index < -0.39 is 97.5 Å². The first-order chi connectivity index (χ1) is 42.8. The summed E-state index contributed by atoms with van der Waals surface area (Å²) < 4.78 is 68.3. The second-order valence-electron chi connectivity index (χ2n) is 26.2. The molecule has 0 fully saturated rings. The summed E-state index contributed by atoms with van der Waals surface area (Å²) in [5.41, 5.74) is 0. The predicted octanol–water partition coefficient (Wildman–Crippen LogP) is 19.8. The monoisotopic (exact) mass is 1310 g/mol. The molecule has 0 amide bonds. The maximum Gasteiger partial charge on any atom is 0.472 e. The van der Waals surface area contributed by atoms with Crippen molar-refractivity contribution in [3.63, 3.8) is 0 Å². The zero-order chi connectivity index (χ0) is 65.9. The number of unbranched alkanes of at least 4 members (excludes halogenated alkanes) is 34. The first kappa shape index (κ1) is 87.1. The summed E-state index contributed by atoms with van der Waals surface area (Å²) in [6.45, 7) is 11.8. The van der Waals surface area contributed by atoms with E-state index in [-0.39, 0.29) is 25.7 Å². The highest BCUT2D eigenvalue weighted by Crippen LogP contribution is 2.45. The number of esters is 4.